The van der Waals surface area contributed by atoms with Crippen molar-refractivity contribution in [1.29, 1.82) is 0 Å². The molecule has 3 rings (SSSR count). The quantitative estimate of drug-likeness (QED) is 0.737. The molecule has 2 aromatic heterocycles. The van der Waals surface area contributed by atoms with E-state index in [0.29, 0.717) is 16.9 Å². The summed E-state index contributed by atoms with van der Waals surface area (Å²) < 4.78 is 68.6. The Kier molecular flexibility index (Phi) is 5.17. The van der Waals surface area contributed by atoms with Gasteiger partial charge in [-0.15, -0.1) is 5.10 Å². The smallest absolute Gasteiger partial charge is 0.334 e. The summed E-state index contributed by atoms with van der Waals surface area (Å²) in [4.78, 5) is 16.2. The zero-order valence-corrected chi connectivity index (χ0v) is 16.5. The molecule has 0 spiro atoms. The van der Waals surface area contributed by atoms with Crippen LogP contribution in [-0.4, -0.2) is 49.7 Å². The number of piperidine rings is 1. The van der Waals surface area contributed by atoms with Crippen LogP contribution < -0.4 is 5.69 Å². The molecule has 1 aliphatic rings. The Morgan fingerprint density at radius 3 is 2.32 bits per heavy atom. The van der Waals surface area contributed by atoms with Crippen LogP contribution in [0.2, 0.25) is 0 Å². The van der Waals surface area contributed by atoms with E-state index in [4.69, 9.17) is 0 Å². The first-order valence-electron chi connectivity index (χ1n) is 8.73. The van der Waals surface area contributed by atoms with Crippen LogP contribution >= 0.6 is 0 Å². The average Bonchev–Trinajstić information content (AvgIpc) is 3.16. The van der Waals surface area contributed by atoms with Crippen LogP contribution in [-0.2, 0) is 29.8 Å². The molecule has 3 heterocycles. The fraction of sp³-hybridized carbons (Fsp3) is 0.667. The van der Waals surface area contributed by atoms with Gasteiger partial charge < -0.3 is 4.57 Å². The van der Waals surface area contributed by atoms with Gasteiger partial charge in [0, 0.05) is 32.9 Å². The number of aromatic nitrogens is 5. The minimum absolute atomic E-state index is 0.0559. The van der Waals surface area contributed by atoms with Crippen molar-refractivity contribution in [2.45, 2.75) is 50.5 Å². The van der Waals surface area contributed by atoms with Gasteiger partial charge in [-0.1, -0.05) is 0 Å². The van der Waals surface area contributed by atoms with E-state index in [1.54, 1.807) is 11.5 Å². The number of aryl methyl sites for hydroxylation is 2. The van der Waals surface area contributed by atoms with E-state index in [1.165, 1.54) is 10.5 Å². The highest BCUT2D eigenvalue weighted by Crippen LogP contribution is 2.29. The Bertz CT molecular complexity index is 1030. The van der Waals surface area contributed by atoms with Crippen LogP contribution in [0.15, 0.2) is 16.0 Å². The molecule has 13 heteroatoms. The van der Waals surface area contributed by atoms with Crippen LogP contribution in [0.1, 0.15) is 37.5 Å². The summed E-state index contributed by atoms with van der Waals surface area (Å²) in [5.41, 5.74) is -0.869. The lowest BCUT2D eigenvalue weighted by Gasteiger charge is -2.30. The average molecular weight is 422 g/mol. The molecule has 1 aliphatic heterocycles. The lowest BCUT2D eigenvalue weighted by Crippen LogP contribution is -2.41. The van der Waals surface area contributed by atoms with Crippen LogP contribution in [0.25, 0.3) is 0 Å². The molecule has 9 nitrogen and oxygen atoms in total. The normalized spacial score (nSPS) is 17.4. The molecule has 0 radical (unpaired) electrons. The Morgan fingerprint density at radius 1 is 1.25 bits per heavy atom. The molecule has 0 amide bonds. The van der Waals surface area contributed by atoms with Gasteiger partial charge >= 0.3 is 11.9 Å². The van der Waals surface area contributed by atoms with Gasteiger partial charge in [0.05, 0.1) is 6.04 Å². The summed E-state index contributed by atoms with van der Waals surface area (Å²) in [7, 11) is -2.79. The SMILES string of the molecule is CCn1cc(S(=O)(=O)N2CCC(n3nc(C(F)(F)F)n(C)c3=O)CC2)nc1C. The number of imidazole rings is 1. The second kappa shape index (κ2) is 7.03. The number of hydrogen-bond donors (Lipinski definition) is 0. The first-order chi connectivity index (χ1) is 13.0. The van der Waals surface area contributed by atoms with E-state index in [0.717, 1.165) is 11.7 Å². The highest BCUT2D eigenvalue weighted by atomic mass is 32.2. The number of sulfonamides is 1. The summed E-state index contributed by atoms with van der Waals surface area (Å²) in [5, 5.41) is 3.38. The number of hydrogen-bond acceptors (Lipinski definition) is 5. The topological polar surface area (TPSA) is 95.0 Å². The van der Waals surface area contributed by atoms with E-state index >= 15 is 0 Å². The second-order valence-electron chi connectivity index (χ2n) is 6.66. The van der Waals surface area contributed by atoms with Crippen molar-refractivity contribution in [2.24, 2.45) is 7.05 Å². The molecular weight excluding hydrogens is 401 g/mol. The predicted molar refractivity (Wildman–Crippen MR) is 92.1 cm³/mol. The summed E-state index contributed by atoms with van der Waals surface area (Å²) in [5.74, 6) is -0.691. The Labute approximate surface area is 159 Å². The third kappa shape index (κ3) is 3.48. The first kappa shape index (κ1) is 20.6. The molecule has 28 heavy (non-hydrogen) atoms. The number of nitrogens with zero attached hydrogens (tertiary/aromatic N) is 6. The molecule has 1 fully saturated rings. The third-order valence-electron chi connectivity index (χ3n) is 4.92. The van der Waals surface area contributed by atoms with Gasteiger partial charge in [-0.25, -0.2) is 22.9 Å². The van der Waals surface area contributed by atoms with Gasteiger partial charge in [0.15, 0.2) is 5.03 Å². The van der Waals surface area contributed by atoms with Crippen molar-refractivity contribution in [3.05, 3.63) is 28.3 Å². The van der Waals surface area contributed by atoms with Gasteiger partial charge in [0.2, 0.25) is 5.82 Å². The minimum atomic E-state index is -4.74. The third-order valence-corrected chi connectivity index (χ3v) is 6.70. The predicted octanol–water partition coefficient (Wildman–Crippen LogP) is 1.15. The molecule has 0 atom stereocenters. The van der Waals surface area contributed by atoms with Crippen LogP contribution in [0.3, 0.4) is 0 Å². The summed E-state index contributed by atoms with van der Waals surface area (Å²) in [6, 6.07) is -0.601. The van der Waals surface area contributed by atoms with E-state index in [9.17, 15) is 26.4 Å². The first-order valence-corrected chi connectivity index (χ1v) is 10.2. The maximum atomic E-state index is 12.9. The molecular formula is C15H21F3N6O3S. The van der Waals surface area contributed by atoms with Gasteiger partial charge in [0.1, 0.15) is 5.82 Å². The van der Waals surface area contributed by atoms with Crippen LogP contribution in [0.4, 0.5) is 13.2 Å². The van der Waals surface area contributed by atoms with Crippen molar-refractivity contribution in [2.75, 3.05) is 13.1 Å². The lowest BCUT2D eigenvalue weighted by atomic mass is 10.1. The minimum Gasteiger partial charge on any atom is -0.334 e. The van der Waals surface area contributed by atoms with Gasteiger partial charge in [-0.3, -0.25) is 4.57 Å². The monoisotopic (exact) mass is 422 g/mol. The van der Waals surface area contributed by atoms with Crippen molar-refractivity contribution in [3.8, 4) is 0 Å². The van der Waals surface area contributed by atoms with E-state index < -0.39 is 33.8 Å². The zero-order chi connectivity index (χ0) is 20.9. The molecule has 0 aliphatic carbocycles. The van der Waals surface area contributed by atoms with Crippen molar-refractivity contribution in [1.82, 2.24) is 28.2 Å². The van der Waals surface area contributed by atoms with Gasteiger partial charge in [0.25, 0.3) is 10.0 Å². The number of rotatable bonds is 4. The molecule has 1 saturated heterocycles. The van der Waals surface area contributed by atoms with E-state index in [1.807, 2.05) is 6.92 Å². The molecule has 156 valence electrons. The maximum Gasteiger partial charge on any atom is 0.451 e. The number of alkyl halides is 3. The molecule has 0 N–H and O–H groups in total. The Morgan fingerprint density at radius 2 is 1.86 bits per heavy atom. The molecule has 0 bridgehead atoms. The summed E-state index contributed by atoms with van der Waals surface area (Å²) in [6.07, 6.45) is -2.91. The fourth-order valence-corrected chi connectivity index (χ4v) is 4.79. The van der Waals surface area contributed by atoms with Crippen LogP contribution in [0.5, 0.6) is 0 Å². The molecule has 0 aromatic carbocycles. The Hall–Kier alpha value is -2.15. The standard InChI is InChI=1S/C15H21F3N6O3S/c1-4-22-9-12(19-10(22)2)28(26,27)23-7-5-11(6-8-23)24-14(25)21(3)13(20-24)15(16,17)18/h9,11H,4-8H2,1-3H3. The maximum absolute atomic E-state index is 12.9. The van der Waals surface area contributed by atoms with Gasteiger partial charge in [-0.2, -0.15) is 17.5 Å². The lowest BCUT2D eigenvalue weighted by molar-refractivity contribution is -0.147. The van der Waals surface area contributed by atoms with E-state index in [2.05, 4.69) is 10.1 Å². The Balaban J connectivity index is 1.79. The summed E-state index contributed by atoms with van der Waals surface area (Å²) >= 11 is 0. The van der Waals surface area contributed by atoms with Crippen molar-refractivity contribution >= 4 is 10.0 Å². The van der Waals surface area contributed by atoms with Gasteiger partial charge in [-0.05, 0) is 26.7 Å². The highest BCUT2D eigenvalue weighted by Gasteiger charge is 2.40. The summed E-state index contributed by atoms with van der Waals surface area (Å²) in [6.45, 7) is 4.29. The molecule has 0 unspecified atom stereocenters. The number of halogens is 3. The second-order valence-corrected chi connectivity index (χ2v) is 8.54. The van der Waals surface area contributed by atoms with Crippen molar-refractivity contribution in [3.63, 3.8) is 0 Å². The zero-order valence-electron chi connectivity index (χ0n) is 15.6. The highest BCUT2D eigenvalue weighted by molar-refractivity contribution is 7.89. The molecule has 0 saturated carbocycles. The van der Waals surface area contributed by atoms with E-state index in [-0.39, 0.29) is 31.0 Å². The van der Waals surface area contributed by atoms with Crippen LogP contribution in [0, 0.1) is 6.92 Å². The fourth-order valence-electron chi connectivity index (χ4n) is 3.32. The largest absolute Gasteiger partial charge is 0.451 e. The van der Waals surface area contributed by atoms with Crippen molar-refractivity contribution < 1.29 is 21.6 Å². The molecule has 2 aromatic rings.